The third-order valence-electron chi connectivity index (χ3n) is 5.82. The Morgan fingerprint density at radius 2 is 2.13 bits per heavy atom. The number of imide groups is 1. The summed E-state index contributed by atoms with van der Waals surface area (Å²) >= 11 is 0. The van der Waals surface area contributed by atoms with E-state index in [1.54, 1.807) is 24.3 Å². The molecule has 3 atom stereocenters. The van der Waals surface area contributed by atoms with Crippen molar-refractivity contribution in [2.75, 3.05) is 6.54 Å². The summed E-state index contributed by atoms with van der Waals surface area (Å²) in [5, 5.41) is 5.65. The number of urea groups is 1. The van der Waals surface area contributed by atoms with Gasteiger partial charge in [-0.2, -0.15) is 0 Å². The summed E-state index contributed by atoms with van der Waals surface area (Å²) in [6.45, 7) is 0.453. The molecule has 1 aromatic carbocycles. The van der Waals surface area contributed by atoms with Gasteiger partial charge in [0.05, 0.1) is 4.90 Å². The first-order valence-corrected chi connectivity index (χ1v) is 11.0. The number of benzene rings is 1. The second-order valence-electron chi connectivity index (χ2n) is 7.89. The van der Waals surface area contributed by atoms with Crippen LogP contribution in [0.15, 0.2) is 51.9 Å². The van der Waals surface area contributed by atoms with Gasteiger partial charge in [-0.1, -0.05) is 0 Å². The SMILES string of the molecule is O=C1NC(=O)C2(CCC(CNS(=O)c3ccc(-c4cc5cc(F)ccc5o4)nc3)C2)N1. The van der Waals surface area contributed by atoms with Crippen LogP contribution in [0.2, 0.25) is 0 Å². The second-order valence-corrected chi connectivity index (χ2v) is 9.19. The van der Waals surface area contributed by atoms with Crippen LogP contribution in [-0.2, 0) is 15.8 Å². The molecule has 2 aromatic heterocycles. The normalized spacial score (nSPS) is 24.0. The van der Waals surface area contributed by atoms with E-state index >= 15 is 0 Å². The third kappa shape index (κ3) is 3.72. The average Bonchev–Trinajstić information content (AvgIpc) is 3.43. The molecule has 0 radical (unpaired) electrons. The van der Waals surface area contributed by atoms with E-state index in [0.29, 0.717) is 46.7 Å². The van der Waals surface area contributed by atoms with Crippen molar-refractivity contribution in [3.8, 4) is 11.5 Å². The van der Waals surface area contributed by atoms with Crippen LogP contribution in [0.3, 0.4) is 0 Å². The van der Waals surface area contributed by atoms with E-state index in [4.69, 9.17) is 4.42 Å². The number of pyridine rings is 1. The molecular weight excluding hydrogens is 423 g/mol. The molecule has 2 fully saturated rings. The molecule has 10 heteroatoms. The molecule has 1 aliphatic carbocycles. The maximum atomic E-state index is 13.4. The molecule has 3 amide bonds. The van der Waals surface area contributed by atoms with Gasteiger partial charge in [-0.25, -0.2) is 18.1 Å². The minimum absolute atomic E-state index is 0.122. The van der Waals surface area contributed by atoms with Gasteiger partial charge in [0, 0.05) is 18.1 Å². The van der Waals surface area contributed by atoms with Gasteiger partial charge < -0.3 is 9.73 Å². The highest BCUT2D eigenvalue weighted by Crippen LogP contribution is 2.36. The van der Waals surface area contributed by atoms with Crippen LogP contribution in [0.4, 0.5) is 9.18 Å². The highest BCUT2D eigenvalue weighted by atomic mass is 32.2. The first kappa shape index (κ1) is 19.8. The lowest BCUT2D eigenvalue weighted by Crippen LogP contribution is -2.44. The maximum absolute atomic E-state index is 13.4. The molecule has 31 heavy (non-hydrogen) atoms. The molecular formula is C21H19FN4O4S. The number of nitrogens with zero attached hydrogens (tertiary/aromatic N) is 1. The van der Waals surface area contributed by atoms with Gasteiger partial charge in [0.15, 0.2) is 5.76 Å². The molecule has 1 saturated carbocycles. The van der Waals surface area contributed by atoms with Crippen LogP contribution in [0.25, 0.3) is 22.4 Å². The van der Waals surface area contributed by atoms with Crippen LogP contribution < -0.4 is 15.4 Å². The monoisotopic (exact) mass is 442 g/mol. The van der Waals surface area contributed by atoms with Gasteiger partial charge in [0.2, 0.25) is 0 Å². The molecule has 1 aliphatic heterocycles. The maximum Gasteiger partial charge on any atom is 0.322 e. The molecule has 5 rings (SSSR count). The van der Waals surface area contributed by atoms with Gasteiger partial charge in [-0.3, -0.25) is 15.1 Å². The molecule has 3 N–H and O–H groups in total. The highest BCUT2D eigenvalue weighted by Gasteiger charge is 2.50. The first-order chi connectivity index (χ1) is 14.9. The van der Waals surface area contributed by atoms with E-state index < -0.39 is 22.6 Å². The van der Waals surface area contributed by atoms with E-state index in [0.717, 1.165) is 6.42 Å². The summed E-state index contributed by atoms with van der Waals surface area (Å²) in [7, 11) is -1.47. The van der Waals surface area contributed by atoms with Crippen molar-refractivity contribution in [2.45, 2.75) is 29.7 Å². The zero-order valence-electron chi connectivity index (χ0n) is 16.3. The number of furan rings is 1. The fraction of sp³-hybridized carbons (Fsp3) is 0.286. The fourth-order valence-corrected chi connectivity index (χ4v) is 5.12. The lowest BCUT2D eigenvalue weighted by atomic mass is 9.96. The van der Waals surface area contributed by atoms with Crippen molar-refractivity contribution in [2.24, 2.45) is 5.92 Å². The minimum atomic E-state index is -1.47. The van der Waals surface area contributed by atoms with Crippen LogP contribution in [0.5, 0.6) is 0 Å². The standard InChI is InChI=1S/C21H19FN4O4S/c22-14-1-4-17-13(7-14)8-18(30-17)16-3-2-15(11-23-16)31(29)24-10-12-5-6-21(9-12)19(27)25-20(28)26-21/h1-4,7-8,11-12,24H,5-6,9-10H2,(H2,25,26,27,28). The molecule has 3 aromatic rings. The number of hydrogen-bond donors (Lipinski definition) is 3. The van der Waals surface area contributed by atoms with E-state index in [2.05, 4.69) is 20.3 Å². The topological polar surface area (TPSA) is 113 Å². The zero-order chi connectivity index (χ0) is 21.6. The summed E-state index contributed by atoms with van der Waals surface area (Å²) in [5.74, 6) is -0.00158. The molecule has 2 aliphatic rings. The number of fused-ring (bicyclic) bond motifs is 1. The zero-order valence-corrected chi connectivity index (χ0v) is 17.1. The van der Waals surface area contributed by atoms with Crippen molar-refractivity contribution in [3.63, 3.8) is 0 Å². The number of amides is 3. The fourth-order valence-electron chi connectivity index (χ4n) is 4.22. The lowest BCUT2D eigenvalue weighted by molar-refractivity contribution is -0.123. The minimum Gasteiger partial charge on any atom is -0.454 e. The first-order valence-electron chi connectivity index (χ1n) is 9.86. The second kappa shape index (κ2) is 7.54. The van der Waals surface area contributed by atoms with Crippen molar-refractivity contribution in [1.29, 1.82) is 0 Å². The van der Waals surface area contributed by atoms with Gasteiger partial charge in [0.1, 0.15) is 33.6 Å². The number of nitrogens with one attached hydrogen (secondary N) is 3. The molecule has 8 nitrogen and oxygen atoms in total. The van der Waals surface area contributed by atoms with Crippen LogP contribution in [0, 0.1) is 11.7 Å². The Morgan fingerprint density at radius 3 is 2.87 bits per heavy atom. The van der Waals surface area contributed by atoms with Crippen molar-refractivity contribution < 1.29 is 22.6 Å². The van der Waals surface area contributed by atoms with E-state index in [1.807, 2.05) is 0 Å². The van der Waals surface area contributed by atoms with E-state index in [-0.39, 0.29) is 17.6 Å². The summed E-state index contributed by atoms with van der Waals surface area (Å²) in [6, 6.07) is 8.94. The van der Waals surface area contributed by atoms with Crippen LogP contribution >= 0.6 is 0 Å². The quantitative estimate of drug-likeness (QED) is 0.526. The van der Waals surface area contributed by atoms with Gasteiger partial charge in [0.25, 0.3) is 5.91 Å². The van der Waals surface area contributed by atoms with E-state index in [1.165, 1.54) is 18.3 Å². The number of carbonyl (C=O) groups excluding carboxylic acids is 2. The summed E-state index contributed by atoms with van der Waals surface area (Å²) in [6.07, 6.45) is 3.34. The number of hydrogen-bond acceptors (Lipinski definition) is 5. The van der Waals surface area contributed by atoms with Gasteiger partial charge in [-0.05, 0) is 61.6 Å². The predicted octanol–water partition coefficient (Wildman–Crippen LogP) is 2.62. The van der Waals surface area contributed by atoms with Crippen molar-refractivity contribution in [3.05, 3.63) is 48.4 Å². The Bertz CT molecular complexity index is 1210. The van der Waals surface area contributed by atoms with Gasteiger partial charge >= 0.3 is 6.03 Å². The Hall–Kier alpha value is -3.11. The Labute approximate surface area is 179 Å². The highest BCUT2D eigenvalue weighted by molar-refractivity contribution is 7.83. The molecule has 1 saturated heterocycles. The smallest absolute Gasteiger partial charge is 0.322 e. The summed E-state index contributed by atoms with van der Waals surface area (Å²) < 4.78 is 34.6. The summed E-state index contributed by atoms with van der Waals surface area (Å²) in [4.78, 5) is 28.3. The molecule has 160 valence electrons. The van der Waals surface area contributed by atoms with Crippen LogP contribution in [-0.4, -0.2) is 33.2 Å². The molecule has 1 spiro atoms. The number of halogens is 1. The predicted molar refractivity (Wildman–Crippen MR) is 111 cm³/mol. The average molecular weight is 442 g/mol. The van der Waals surface area contributed by atoms with E-state index in [9.17, 15) is 18.2 Å². The summed E-state index contributed by atoms with van der Waals surface area (Å²) in [5.41, 5.74) is 0.288. The lowest BCUT2D eigenvalue weighted by Gasteiger charge is -2.19. The number of aromatic nitrogens is 1. The number of carbonyl (C=O) groups is 2. The Morgan fingerprint density at radius 1 is 1.26 bits per heavy atom. The Balaban J connectivity index is 1.21. The molecule has 3 heterocycles. The molecule has 3 unspecified atom stereocenters. The Kier molecular flexibility index (Phi) is 4.82. The van der Waals surface area contributed by atoms with Gasteiger partial charge in [-0.15, -0.1) is 0 Å². The third-order valence-corrected chi connectivity index (χ3v) is 6.91. The number of rotatable bonds is 5. The van der Waals surface area contributed by atoms with Crippen LogP contribution in [0.1, 0.15) is 19.3 Å². The van der Waals surface area contributed by atoms with Crippen molar-refractivity contribution in [1.82, 2.24) is 20.3 Å². The largest absolute Gasteiger partial charge is 0.454 e. The van der Waals surface area contributed by atoms with Crippen molar-refractivity contribution >= 4 is 33.9 Å². The molecule has 0 bridgehead atoms.